The van der Waals surface area contributed by atoms with E-state index >= 15 is 0 Å². The van der Waals surface area contributed by atoms with Crippen LogP contribution in [0.2, 0.25) is 0 Å². The fourth-order valence-electron chi connectivity index (χ4n) is 4.46. The van der Waals surface area contributed by atoms with Crippen molar-refractivity contribution in [2.75, 3.05) is 0 Å². The maximum absolute atomic E-state index is 10.9. The van der Waals surface area contributed by atoms with Crippen LogP contribution in [0.15, 0.2) is 24.3 Å². The Hall–Kier alpha value is -2.36. The van der Waals surface area contributed by atoms with Gasteiger partial charge in [-0.25, -0.2) is 0 Å². The van der Waals surface area contributed by atoms with Crippen molar-refractivity contribution in [2.24, 2.45) is 0 Å². The Morgan fingerprint density at radius 2 is 0.938 bits per heavy atom. The molecule has 1 heterocycles. The first-order chi connectivity index (χ1) is 15.7. The van der Waals surface area contributed by atoms with Crippen LogP contribution in [-0.4, -0.2) is 10.2 Å². The molecule has 32 heavy (non-hydrogen) atoms. The van der Waals surface area contributed by atoms with Crippen molar-refractivity contribution in [1.82, 2.24) is 0 Å². The first-order valence-electron chi connectivity index (χ1n) is 12.7. The van der Waals surface area contributed by atoms with Gasteiger partial charge in [0.05, 0.1) is 0 Å². The summed E-state index contributed by atoms with van der Waals surface area (Å²) in [5.74, 6) is 2.38. The zero-order valence-corrected chi connectivity index (χ0v) is 19.9. The van der Waals surface area contributed by atoms with Crippen molar-refractivity contribution < 1.29 is 19.7 Å². The number of phenols is 2. The number of ether oxygens (including phenoxy) is 2. The molecule has 0 saturated carbocycles. The van der Waals surface area contributed by atoms with Gasteiger partial charge in [0.15, 0.2) is 34.5 Å². The van der Waals surface area contributed by atoms with Crippen LogP contribution in [0.4, 0.5) is 0 Å². The number of rotatable bonds is 14. The Kier molecular flexibility index (Phi) is 9.58. The average Bonchev–Trinajstić information content (AvgIpc) is 2.81. The first kappa shape index (κ1) is 24.3. The smallest absolute Gasteiger partial charge is 0.177 e. The van der Waals surface area contributed by atoms with E-state index in [1.165, 1.54) is 51.4 Å². The number of benzene rings is 2. The molecule has 4 heteroatoms. The zero-order chi connectivity index (χ0) is 22.8. The third kappa shape index (κ3) is 6.11. The highest BCUT2D eigenvalue weighted by Crippen LogP contribution is 2.55. The van der Waals surface area contributed by atoms with E-state index in [9.17, 15) is 10.2 Å². The highest BCUT2D eigenvalue weighted by atomic mass is 16.6. The van der Waals surface area contributed by atoms with E-state index in [2.05, 4.69) is 13.8 Å². The maximum Gasteiger partial charge on any atom is 0.177 e. The molecule has 0 amide bonds. The molecular formula is C28H40O4. The molecule has 0 radical (unpaired) electrons. The second kappa shape index (κ2) is 12.6. The van der Waals surface area contributed by atoms with Gasteiger partial charge in [-0.05, 0) is 37.8 Å². The molecule has 0 aromatic heterocycles. The Labute approximate surface area is 193 Å². The van der Waals surface area contributed by atoms with Gasteiger partial charge in [0.1, 0.15) is 0 Å². The van der Waals surface area contributed by atoms with Crippen LogP contribution in [0.1, 0.15) is 102 Å². The third-order valence-electron chi connectivity index (χ3n) is 6.38. The van der Waals surface area contributed by atoms with Gasteiger partial charge in [-0.1, -0.05) is 90.2 Å². The summed E-state index contributed by atoms with van der Waals surface area (Å²) in [5.41, 5.74) is 1.32. The van der Waals surface area contributed by atoms with E-state index in [1.807, 2.05) is 24.3 Å². The molecular weight excluding hydrogens is 400 g/mol. The Bertz CT molecular complexity index is 789. The minimum Gasteiger partial charge on any atom is -0.504 e. The van der Waals surface area contributed by atoms with Crippen LogP contribution >= 0.6 is 0 Å². The Morgan fingerprint density at radius 3 is 1.34 bits per heavy atom. The quantitative estimate of drug-likeness (QED) is 0.194. The molecule has 1 aliphatic rings. The molecule has 0 bridgehead atoms. The van der Waals surface area contributed by atoms with Gasteiger partial charge in [0.2, 0.25) is 0 Å². The summed E-state index contributed by atoms with van der Waals surface area (Å²) in [6.45, 7) is 4.43. The van der Waals surface area contributed by atoms with Gasteiger partial charge < -0.3 is 19.7 Å². The maximum atomic E-state index is 10.9. The highest BCUT2D eigenvalue weighted by Gasteiger charge is 2.30. The zero-order valence-electron chi connectivity index (χ0n) is 19.9. The SMILES string of the molecule is CCCCCCCCc1c(O)c(O)c(CCCCCCCC)c2c1Oc1ccccc1O2. The standard InChI is InChI=1S/C28H40O4/c1-3-5-7-9-11-13-17-21-25(29)26(30)22(18-14-12-10-8-6-4-2)28-27(21)31-23-19-15-16-20-24(23)32-28/h15-16,19-20,29-30H,3-14,17-18H2,1-2H3. The molecule has 2 aromatic rings. The third-order valence-corrected chi connectivity index (χ3v) is 6.38. The van der Waals surface area contributed by atoms with E-state index in [1.54, 1.807) is 0 Å². The van der Waals surface area contributed by atoms with E-state index in [0.29, 0.717) is 47.0 Å². The fraction of sp³-hybridized carbons (Fsp3) is 0.571. The monoisotopic (exact) mass is 440 g/mol. The van der Waals surface area contributed by atoms with Crippen LogP contribution in [0.5, 0.6) is 34.5 Å². The number of hydrogen-bond acceptors (Lipinski definition) is 4. The van der Waals surface area contributed by atoms with Crippen LogP contribution < -0.4 is 9.47 Å². The molecule has 2 aromatic carbocycles. The largest absolute Gasteiger partial charge is 0.504 e. The topological polar surface area (TPSA) is 58.9 Å². The van der Waals surface area contributed by atoms with Gasteiger partial charge in [0.25, 0.3) is 0 Å². The first-order valence-corrected chi connectivity index (χ1v) is 12.7. The van der Waals surface area contributed by atoms with E-state index in [4.69, 9.17) is 9.47 Å². The number of unbranched alkanes of at least 4 members (excludes halogenated alkanes) is 10. The lowest BCUT2D eigenvalue weighted by atomic mass is 9.96. The number of para-hydroxylation sites is 2. The van der Waals surface area contributed by atoms with Crippen molar-refractivity contribution in [3.63, 3.8) is 0 Å². The van der Waals surface area contributed by atoms with Gasteiger partial charge >= 0.3 is 0 Å². The van der Waals surface area contributed by atoms with Crippen molar-refractivity contribution in [2.45, 2.75) is 104 Å². The average molecular weight is 441 g/mol. The van der Waals surface area contributed by atoms with Crippen LogP contribution in [0, 0.1) is 0 Å². The number of aromatic hydroxyl groups is 2. The minimum absolute atomic E-state index is 0.0405. The van der Waals surface area contributed by atoms with E-state index < -0.39 is 0 Å². The molecule has 0 fully saturated rings. The lowest BCUT2D eigenvalue weighted by Crippen LogP contribution is -2.06. The van der Waals surface area contributed by atoms with Crippen LogP contribution in [0.25, 0.3) is 0 Å². The molecule has 176 valence electrons. The molecule has 0 atom stereocenters. The molecule has 0 aliphatic carbocycles. The summed E-state index contributed by atoms with van der Waals surface area (Å²) in [6.07, 6.45) is 15.3. The van der Waals surface area contributed by atoms with Crippen molar-refractivity contribution >= 4 is 0 Å². The Balaban J connectivity index is 1.78. The van der Waals surface area contributed by atoms with Gasteiger partial charge in [-0.15, -0.1) is 0 Å². The lowest BCUT2D eigenvalue weighted by molar-refractivity contribution is 0.333. The molecule has 0 unspecified atom stereocenters. The lowest BCUT2D eigenvalue weighted by Gasteiger charge is -2.26. The van der Waals surface area contributed by atoms with E-state index in [-0.39, 0.29) is 11.5 Å². The summed E-state index contributed by atoms with van der Waals surface area (Å²) in [7, 11) is 0. The summed E-state index contributed by atoms with van der Waals surface area (Å²) >= 11 is 0. The molecule has 3 rings (SSSR count). The van der Waals surface area contributed by atoms with Crippen molar-refractivity contribution in [1.29, 1.82) is 0 Å². The molecule has 1 aliphatic heterocycles. The normalized spacial score (nSPS) is 12.1. The summed E-state index contributed by atoms with van der Waals surface area (Å²) in [5, 5.41) is 21.8. The summed E-state index contributed by atoms with van der Waals surface area (Å²) < 4.78 is 12.5. The molecule has 4 nitrogen and oxygen atoms in total. The number of fused-ring (bicyclic) bond motifs is 2. The van der Waals surface area contributed by atoms with Gasteiger partial charge in [0, 0.05) is 11.1 Å². The molecule has 0 spiro atoms. The van der Waals surface area contributed by atoms with Gasteiger partial charge in [-0.3, -0.25) is 0 Å². The number of hydrogen-bond donors (Lipinski definition) is 2. The van der Waals surface area contributed by atoms with Crippen molar-refractivity contribution in [3.05, 3.63) is 35.4 Å². The highest BCUT2D eigenvalue weighted by molar-refractivity contribution is 5.69. The number of phenolic OH excluding ortho intramolecular Hbond substituents is 2. The second-order valence-corrected chi connectivity index (χ2v) is 9.00. The summed E-state index contributed by atoms with van der Waals surface area (Å²) in [4.78, 5) is 0. The van der Waals surface area contributed by atoms with Crippen LogP contribution in [-0.2, 0) is 12.8 Å². The fourth-order valence-corrected chi connectivity index (χ4v) is 4.46. The summed E-state index contributed by atoms with van der Waals surface area (Å²) in [6, 6.07) is 7.59. The Morgan fingerprint density at radius 1 is 0.562 bits per heavy atom. The minimum atomic E-state index is -0.0405. The molecule has 2 N–H and O–H groups in total. The van der Waals surface area contributed by atoms with Crippen molar-refractivity contribution in [3.8, 4) is 34.5 Å². The predicted molar refractivity (Wildman–Crippen MR) is 131 cm³/mol. The van der Waals surface area contributed by atoms with Gasteiger partial charge in [-0.2, -0.15) is 0 Å². The second-order valence-electron chi connectivity index (χ2n) is 9.00. The molecule has 0 saturated heterocycles. The van der Waals surface area contributed by atoms with E-state index in [0.717, 1.165) is 25.7 Å². The predicted octanol–water partition coefficient (Wildman–Crippen LogP) is 8.80. The van der Waals surface area contributed by atoms with Crippen LogP contribution in [0.3, 0.4) is 0 Å².